The Kier molecular flexibility index (Phi) is 6.78. The molecule has 152 valence electrons. The molecule has 1 fully saturated rings. The Bertz CT molecular complexity index is 870. The zero-order valence-corrected chi connectivity index (χ0v) is 17.9. The highest BCUT2D eigenvalue weighted by molar-refractivity contribution is 7.92. The Balaban J connectivity index is 1.81. The molecule has 1 heterocycles. The van der Waals surface area contributed by atoms with Crippen LogP contribution in [0.2, 0.25) is 0 Å². The van der Waals surface area contributed by atoms with Crippen molar-refractivity contribution in [2.24, 2.45) is 0 Å². The molecule has 2 aromatic rings. The summed E-state index contributed by atoms with van der Waals surface area (Å²) in [7, 11) is -3.60. The fraction of sp³-hybridized carbons (Fsp3) is 0.478. The molecular formula is C23H32N2O2S. The van der Waals surface area contributed by atoms with Gasteiger partial charge in [-0.15, -0.1) is 0 Å². The van der Waals surface area contributed by atoms with E-state index in [0.29, 0.717) is 28.5 Å². The molecule has 1 aliphatic heterocycles. The third-order valence-electron chi connectivity index (χ3n) is 5.61. The first-order valence-electron chi connectivity index (χ1n) is 10.4. The van der Waals surface area contributed by atoms with E-state index >= 15 is 0 Å². The number of benzene rings is 2. The molecule has 2 unspecified atom stereocenters. The average molecular weight is 401 g/mol. The van der Waals surface area contributed by atoms with Gasteiger partial charge in [0, 0.05) is 11.7 Å². The van der Waals surface area contributed by atoms with Gasteiger partial charge in [-0.05, 0) is 73.0 Å². The first-order valence-corrected chi connectivity index (χ1v) is 11.8. The van der Waals surface area contributed by atoms with Crippen molar-refractivity contribution in [1.29, 1.82) is 0 Å². The second-order valence-corrected chi connectivity index (χ2v) is 9.74. The monoisotopic (exact) mass is 400 g/mol. The highest BCUT2D eigenvalue weighted by Crippen LogP contribution is 2.31. The van der Waals surface area contributed by atoms with Crippen LogP contribution in [0.25, 0.3) is 0 Å². The average Bonchev–Trinajstić information content (AvgIpc) is 3.20. The Labute approximate surface area is 169 Å². The van der Waals surface area contributed by atoms with Crippen LogP contribution in [0.1, 0.15) is 69.4 Å². The van der Waals surface area contributed by atoms with Crippen molar-refractivity contribution in [2.45, 2.75) is 69.2 Å². The van der Waals surface area contributed by atoms with E-state index < -0.39 is 10.0 Å². The maximum Gasteiger partial charge on any atom is 0.261 e. The van der Waals surface area contributed by atoms with Crippen LogP contribution < -0.4 is 10.0 Å². The Morgan fingerprint density at radius 3 is 2.46 bits per heavy atom. The first-order chi connectivity index (χ1) is 13.4. The highest BCUT2D eigenvalue weighted by Gasteiger charge is 2.25. The van der Waals surface area contributed by atoms with Gasteiger partial charge in [0.1, 0.15) is 0 Å². The third kappa shape index (κ3) is 4.95. The Morgan fingerprint density at radius 2 is 1.86 bits per heavy atom. The van der Waals surface area contributed by atoms with Gasteiger partial charge in [-0.2, -0.15) is 0 Å². The van der Waals surface area contributed by atoms with Crippen LogP contribution in [-0.4, -0.2) is 21.0 Å². The zero-order chi connectivity index (χ0) is 20.1. The molecule has 2 atom stereocenters. The molecule has 5 heteroatoms. The van der Waals surface area contributed by atoms with Crippen molar-refractivity contribution in [3.8, 4) is 0 Å². The van der Waals surface area contributed by atoms with Gasteiger partial charge in [0.05, 0.1) is 4.90 Å². The van der Waals surface area contributed by atoms with Crippen LogP contribution in [-0.2, 0) is 10.0 Å². The minimum atomic E-state index is -3.60. The summed E-state index contributed by atoms with van der Waals surface area (Å²) >= 11 is 0. The normalized spacial score (nSPS) is 18.4. The molecule has 2 N–H and O–H groups in total. The molecule has 28 heavy (non-hydrogen) atoms. The summed E-state index contributed by atoms with van der Waals surface area (Å²) in [6, 6.07) is 15.5. The fourth-order valence-electron chi connectivity index (χ4n) is 4.04. The fourth-order valence-corrected chi connectivity index (χ4v) is 5.09. The van der Waals surface area contributed by atoms with E-state index in [1.165, 1.54) is 18.4 Å². The van der Waals surface area contributed by atoms with E-state index in [-0.39, 0.29) is 0 Å². The number of rotatable bonds is 8. The van der Waals surface area contributed by atoms with Crippen LogP contribution in [0, 0.1) is 0 Å². The van der Waals surface area contributed by atoms with Crippen LogP contribution in [0.4, 0.5) is 5.69 Å². The molecule has 1 saturated heterocycles. The van der Waals surface area contributed by atoms with Crippen molar-refractivity contribution in [3.05, 3.63) is 59.7 Å². The van der Waals surface area contributed by atoms with Gasteiger partial charge in [-0.3, -0.25) is 4.72 Å². The van der Waals surface area contributed by atoms with Crippen molar-refractivity contribution >= 4 is 15.7 Å². The van der Waals surface area contributed by atoms with Crippen LogP contribution in [0.3, 0.4) is 0 Å². The van der Waals surface area contributed by atoms with Gasteiger partial charge in [0.15, 0.2) is 0 Å². The van der Waals surface area contributed by atoms with E-state index in [2.05, 4.69) is 36.9 Å². The van der Waals surface area contributed by atoms with Crippen LogP contribution in [0.15, 0.2) is 53.4 Å². The molecule has 2 aromatic carbocycles. The summed E-state index contributed by atoms with van der Waals surface area (Å²) in [6.07, 6.45) is 4.61. The highest BCUT2D eigenvalue weighted by atomic mass is 32.2. The van der Waals surface area contributed by atoms with Gasteiger partial charge in [-0.25, -0.2) is 8.42 Å². The second-order valence-electron chi connectivity index (χ2n) is 8.05. The lowest BCUT2D eigenvalue weighted by molar-refractivity contribution is 0.458. The molecular weight excluding hydrogens is 368 g/mol. The van der Waals surface area contributed by atoms with E-state index in [1.54, 1.807) is 12.1 Å². The largest absolute Gasteiger partial charge is 0.313 e. The van der Waals surface area contributed by atoms with Gasteiger partial charge >= 0.3 is 0 Å². The topological polar surface area (TPSA) is 58.2 Å². The number of hydrogen-bond acceptors (Lipinski definition) is 3. The number of anilines is 1. The van der Waals surface area contributed by atoms with Gasteiger partial charge in [0.25, 0.3) is 10.0 Å². The first kappa shape index (κ1) is 20.9. The zero-order valence-electron chi connectivity index (χ0n) is 17.1. The maximum absolute atomic E-state index is 12.8. The quantitative estimate of drug-likeness (QED) is 0.636. The smallest absolute Gasteiger partial charge is 0.261 e. The standard InChI is InChI=1S/C23H32N2O2S/c1-4-7-22(23-10-6-15-24-23)19-8-5-9-20(16-19)25-28(26,27)21-13-11-18(12-14-21)17(2)3/h5,8-9,11-14,16-17,22-25H,4,6-7,10,15H2,1-3H3. The molecule has 1 aliphatic rings. The number of nitrogens with one attached hydrogen (secondary N) is 2. The number of hydrogen-bond donors (Lipinski definition) is 2. The van der Waals surface area contributed by atoms with Gasteiger partial charge in [0.2, 0.25) is 0 Å². The summed E-state index contributed by atoms with van der Waals surface area (Å²) in [6.45, 7) is 7.47. The van der Waals surface area contributed by atoms with E-state index in [1.807, 2.05) is 30.3 Å². The summed E-state index contributed by atoms with van der Waals surface area (Å²) < 4.78 is 28.4. The van der Waals surface area contributed by atoms with Crippen LogP contribution >= 0.6 is 0 Å². The molecule has 0 aliphatic carbocycles. The van der Waals surface area contributed by atoms with Crippen LogP contribution in [0.5, 0.6) is 0 Å². The molecule has 0 spiro atoms. The summed E-state index contributed by atoms with van der Waals surface area (Å²) in [5.74, 6) is 0.795. The predicted molar refractivity (Wildman–Crippen MR) is 116 cm³/mol. The molecule has 0 radical (unpaired) electrons. The second kappa shape index (κ2) is 9.10. The summed E-state index contributed by atoms with van der Waals surface area (Å²) in [5.41, 5.74) is 2.97. The van der Waals surface area contributed by atoms with Crippen molar-refractivity contribution in [3.63, 3.8) is 0 Å². The molecule has 0 bridgehead atoms. The maximum atomic E-state index is 12.8. The Morgan fingerprint density at radius 1 is 1.11 bits per heavy atom. The predicted octanol–water partition coefficient (Wildman–Crippen LogP) is 5.25. The third-order valence-corrected chi connectivity index (χ3v) is 7.01. The molecule has 0 amide bonds. The lowest BCUT2D eigenvalue weighted by Crippen LogP contribution is -2.29. The minimum absolute atomic E-state index is 0.296. The molecule has 0 aromatic heterocycles. The minimum Gasteiger partial charge on any atom is -0.313 e. The molecule has 0 saturated carbocycles. The van der Waals surface area contributed by atoms with E-state index in [9.17, 15) is 8.42 Å². The SMILES string of the molecule is CCCC(c1cccc(NS(=O)(=O)c2ccc(C(C)C)cc2)c1)C1CCCN1. The van der Waals surface area contributed by atoms with Gasteiger partial charge < -0.3 is 5.32 Å². The lowest BCUT2D eigenvalue weighted by atomic mass is 9.86. The summed E-state index contributed by atoms with van der Waals surface area (Å²) in [5, 5.41) is 3.61. The van der Waals surface area contributed by atoms with Crippen molar-refractivity contribution in [2.75, 3.05) is 11.3 Å². The van der Waals surface area contributed by atoms with E-state index in [0.717, 1.165) is 24.9 Å². The van der Waals surface area contributed by atoms with Gasteiger partial charge in [-0.1, -0.05) is 51.5 Å². The Hall–Kier alpha value is -1.85. The lowest BCUT2D eigenvalue weighted by Gasteiger charge is -2.24. The van der Waals surface area contributed by atoms with Crippen molar-refractivity contribution < 1.29 is 8.42 Å². The molecule has 4 nitrogen and oxygen atoms in total. The van der Waals surface area contributed by atoms with Crippen molar-refractivity contribution in [1.82, 2.24) is 5.32 Å². The van der Waals surface area contributed by atoms with E-state index in [4.69, 9.17) is 0 Å². The summed E-state index contributed by atoms with van der Waals surface area (Å²) in [4.78, 5) is 0.296. The molecule has 3 rings (SSSR count). The number of sulfonamides is 1.